The summed E-state index contributed by atoms with van der Waals surface area (Å²) in [5, 5.41) is 4.52. The SMILES string of the molecule is C=CN(C)Cc1ccc(NC(=O)c2ccc(C)c(C#Cc3cncc4ccccc34)c2)cc1C(F)(F)F. The third-order valence-electron chi connectivity index (χ3n) is 5.90. The van der Waals surface area contributed by atoms with Gasteiger partial charge in [0.25, 0.3) is 5.91 Å². The zero-order valence-corrected chi connectivity index (χ0v) is 20.4. The standard InChI is InChI=1S/C30H24F3N3O/c1-4-36(3)19-25-13-14-26(16-28(25)30(31,32)33)35-29(37)22-10-9-20(2)21(15-22)11-12-24-18-34-17-23-7-5-6-8-27(23)24/h4-10,13-18H,1,19H2,2-3H3,(H,35,37). The molecule has 1 amide bonds. The number of carbonyl (C=O) groups excluding carboxylic acids is 1. The van der Waals surface area contributed by atoms with Crippen LogP contribution in [0.1, 0.15) is 38.2 Å². The third kappa shape index (κ3) is 5.99. The van der Waals surface area contributed by atoms with Crippen LogP contribution in [0.15, 0.2) is 85.8 Å². The first-order valence-electron chi connectivity index (χ1n) is 11.5. The van der Waals surface area contributed by atoms with Crippen LogP contribution in [0.2, 0.25) is 0 Å². The number of fused-ring (bicyclic) bond motifs is 1. The number of aromatic nitrogens is 1. The lowest BCUT2D eigenvalue weighted by atomic mass is 10.0. The second-order valence-corrected chi connectivity index (χ2v) is 8.61. The number of carbonyl (C=O) groups is 1. The van der Waals surface area contributed by atoms with Gasteiger partial charge in [-0.15, -0.1) is 0 Å². The van der Waals surface area contributed by atoms with Crippen molar-refractivity contribution in [3.05, 3.63) is 119 Å². The highest BCUT2D eigenvalue weighted by molar-refractivity contribution is 6.04. The van der Waals surface area contributed by atoms with Crippen molar-refractivity contribution in [2.24, 2.45) is 0 Å². The van der Waals surface area contributed by atoms with E-state index in [9.17, 15) is 18.0 Å². The fourth-order valence-corrected chi connectivity index (χ4v) is 3.84. The molecule has 186 valence electrons. The van der Waals surface area contributed by atoms with Gasteiger partial charge in [-0.25, -0.2) is 0 Å². The molecule has 1 aromatic heterocycles. The van der Waals surface area contributed by atoms with Crippen LogP contribution in [0.5, 0.6) is 0 Å². The van der Waals surface area contributed by atoms with Crippen LogP contribution in [0.4, 0.5) is 18.9 Å². The van der Waals surface area contributed by atoms with Crippen molar-refractivity contribution >= 4 is 22.4 Å². The summed E-state index contributed by atoms with van der Waals surface area (Å²) in [6, 6.07) is 16.6. The number of halogens is 3. The number of hydrogen-bond donors (Lipinski definition) is 1. The van der Waals surface area contributed by atoms with E-state index in [4.69, 9.17) is 0 Å². The van der Waals surface area contributed by atoms with Crippen molar-refractivity contribution in [1.82, 2.24) is 9.88 Å². The lowest BCUT2D eigenvalue weighted by molar-refractivity contribution is -0.138. The molecule has 0 atom stereocenters. The predicted molar refractivity (Wildman–Crippen MR) is 140 cm³/mol. The lowest BCUT2D eigenvalue weighted by Gasteiger charge is -2.19. The fraction of sp³-hybridized carbons (Fsp3) is 0.133. The van der Waals surface area contributed by atoms with Crippen LogP contribution in [-0.2, 0) is 12.7 Å². The van der Waals surface area contributed by atoms with Crippen molar-refractivity contribution in [3.8, 4) is 11.8 Å². The number of pyridine rings is 1. The van der Waals surface area contributed by atoms with Crippen molar-refractivity contribution in [3.63, 3.8) is 0 Å². The third-order valence-corrected chi connectivity index (χ3v) is 5.90. The fourth-order valence-electron chi connectivity index (χ4n) is 3.84. The molecule has 0 saturated heterocycles. The van der Waals surface area contributed by atoms with E-state index in [1.807, 2.05) is 31.2 Å². The van der Waals surface area contributed by atoms with Gasteiger partial charge in [-0.05, 0) is 48.5 Å². The molecule has 0 spiro atoms. The van der Waals surface area contributed by atoms with Gasteiger partial charge in [-0.1, -0.05) is 54.8 Å². The largest absolute Gasteiger partial charge is 0.416 e. The molecule has 37 heavy (non-hydrogen) atoms. The number of nitrogens with zero attached hydrogens (tertiary/aromatic N) is 2. The van der Waals surface area contributed by atoms with Gasteiger partial charge < -0.3 is 10.2 Å². The molecule has 0 fully saturated rings. The Labute approximate surface area is 213 Å². The summed E-state index contributed by atoms with van der Waals surface area (Å²) < 4.78 is 41.1. The Morgan fingerprint density at radius 2 is 1.81 bits per heavy atom. The van der Waals surface area contributed by atoms with Crippen molar-refractivity contribution in [2.75, 3.05) is 12.4 Å². The number of aryl methyl sites for hydroxylation is 1. The Hall–Kier alpha value is -4.57. The Morgan fingerprint density at radius 3 is 2.57 bits per heavy atom. The van der Waals surface area contributed by atoms with E-state index in [0.29, 0.717) is 5.56 Å². The van der Waals surface area contributed by atoms with Crippen LogP contribution >= 0.6 is 0 Å². The van der Waals surface area contributed by atoms with Gasteiger partial charge in [-0.2, -0.15) is 13.2 Å². The first-order valence-corrected chi connectivity index (χ1v) is 11.5. The van der Waals surface area contributed by atoms with E-state index in [1.54, 1.807) is 42.5 Å². The summed E-state index contributed by atoms with van der Waals surface area (Å²) in [5.41, 5.74) is 1.88. The molecule has 1 N–H and O–H groups in total. The van der Waals surface area contributed by atoms with Crippen LogP contribution in [-0.4, -0.2) is 22.8 Å². The molecule has 7 heteroatoms. The number of nitrogens with one attached hydrogen (secondary N) is 1. The summed E-state index contributed by atoms with van der Waals surface area (Å²) in [4.78, 5) is 18.7. The summed E-state index contributed by atoms with van der Waals surface area (Å²) in [6.45, 7) is 5.49. The summed E-state index contributed by atoms with van der Waals surface area (Å²) in [5.74, 6) is 5.71. The Morgan fingerprint density at radius 1 is 1.05 bits per heavy atom. The zero-order valence-electron chi connectivity index (χ0n) is 20.4. The molecule has 3 aromatic carbocycles. The molecule has 4 rings (SSSR count). The van der Waals surface area contributed by atoms with E-state index < -0.39 is 17.6 Å². The topological polar surface area (TPSA) is 45.2 Å². The lowest BCUT2D eigenvalue weighted by Crippen LogP contribution is -2.17. The summed E-state index contributed by atoms with van der Waals surface area (Å²) >= 11 is 0. The molecule has 4 nitrogen and oxygen atoms in total. The highest BCUT2D eigenvalue weighted by Crippen LogP contribution is 2.34. The minimum atomic E-state index is -4.57. The van der Waals surface area contributed by atoms with Crippen molar-refractivity contribution < 1.29 is 18.0 Å². The summed E-state index contributed by atoms with van der Waals surface area (Å²) in [7, 11) is 1.64. The second-order valence-electron chi connectivity index (χ2n) is 8.61. The number of alkyl halides is 3. The maximum Gasteiger partial charge on any atom is 0.416 e. The number of anilines is 1. The second kappa shape index (κ2) is 10.6. The van der Waals surface area contributed by atoms with E-state index in [0.717, 1.165) is 28.0 Å². The molecular formula is C30H24F3N3O. The monoisotopic (exact) mass is 499 g/mol. The summed E-state index contributed by atoms with van der Waals surface area (Å²) in [6.07, 6.45) is 0.340. The van der Waals surface area contributed by atoms with Gasteiger partial charge in [0.15, 0.2) is 0 Å². The average molecular weight is 500 g/mol. The molecule has 0 radical (unpaired) electrons. The van der Waals surface area contributed by atoms with Gasteiger partial charge in [0.2, 0.25) is 0 Å². The Balaban J connectivity index is 1.60. The van der Waals surface area contributed by atoms with Gasteiger partial charge in [-0.3, -0.25) is 9.78 Å². The van der Waals surface area contributed by atoms with Crippen LogP contribution in [0.25, 0.3) is 10.8 Å². The highest BCUT2D eigenvalue weighted by atomic mass is 19.4. The van der Waals surface area contributed by atoms with Gasteiger partial charge in [0, 0.05) is 53.6 Å². The average Bonchev–Trinajstić information content (AvgIpc) is 2.88. The van der Waals surface area contributed by atoms with Crippen LogP contribution < -0.4 is 5.32 Å². The quantitative estimate of drug-likeness (QED) is 0.308. The van der Waals surface area contributed by atoms with E-state index in [1.165, 1.54) is 18.3 Å². The van der Waals surface area contributed by atoms with Gasteiger partial charge in [0.05, 0.1) is 11.1 Å². The molecule has 0 aliphatic carbocycles. The smallest absolute Gasteiger partial charge is 0.377 e. The molecule has 0 bridgehead atoms. The van der Waals surface area contributed by atoms with E-state index in [2.05, 4.69) is 28.7 Å². The molecular weight excluding hydrogens is 475 g/mol. The number of benzene rings is 3. The molecule has 0 unspecified atom stereocenters. The van der Waals surface area contributed by atoms with Gasteiger partial charge in [0.1, 0.15) is 0 Å². The predicted octanol–water partition coefficient (Wildman–Crippen LogP) is 6.79. The van der Waals surface area contributed by atoms with Crippen molar-refractivity contribution in [2.45, 2.75) is 19.6 Å². The molecule has 0 saturated carbocycles. The number of hydrogen-bond acceptors (Lipinski definition) is 3. The molecule has 0 aliphatic heterocycles. The van der Waals surface area contributed by atoms with Crippen LogP contribution in [0.3, 0.4) is 0 Å². The maximum atomic E-state index is 13.7. The Bertz CT molecular complexity index is 1540. The highest BCUT2D eigenvalue weighted by Gasteiger charge is 2.33. The maximum absolute atomic E-state index is 13.7. The minimum absolute atomic E-state index is 0.0405. The van der Waals surface area contributed by atoms with E-state index in [-0.39, 0.29) is 23.4 Å². The zero-order chi connectivity index (χ0) is 26.6. The molecule has 4 aromatic rings. The number of amides is 1. The molecule has 0 aliphatic rings. The van der Waals surface area contributed by atoms with Crippen molar-refractivity contribution in [1.29, 1.82) is 0 Å². The minimum Gasteiger partial charge on any atom is -0.377 e. The van der Waals surface area contributed by atoms with Gasteiger partial charge >= 0.3 is 6.18 Å². The van der Waals surface area contributed by atoms with Crippen LogP contribution in [0, 0.1) is 18.8 Å². The van der Waals surface area contributed by atoms with E-state index >= 15 is 0 Å². The first kappa shape index (κ1) is 25.5. The Kier molecular flexibility index (Phi) is 7.30. The number of rotatable bonds is 5. The first-order chi connectivity index (χ1) is 17.7. The normalized spacial score (nSPS) is 10.9. The molecule has 1 heterocycles.